The molecule has 3 rings (SSSR count). The number of carbonyl (C=O) groups excluding carboxylic acids is 1. The van der Waals surface area contributed by atoms with E-state index in [1.165, 1.54) is 6.92 Å². The van der Waals surface area contributed by atoms with Gasteiger partial charge in [0.1, 0.15) is 0 Å². The fourth-order valence-corrected chi connectivity index (χ4v) is 2.43. The molecule has 3 aromatic rings. The maximum Gasteiger partial charge on any atom is 0.335 e. The molecule has 0 unspecified atom stereocenters. The summed E-state index contributed by atoms with van der Waals surface area (Å²) in [5.41, 5.74) is 3.51. The van der Waals surface area contributed by atoms with E-state index >= 15 is 0 Å². The van der Waals surface area contributed by atoms with E-state index in [1.54, 1.807) is 18.2 Å². The maximum absolute atomic E-state index is 11.0. The molecule has 0 atom stereocenters. The van der Waals surface area contributed by atoms with E-state index in [-0.39, 0.29) is 11.5 Å². The van der Waals surface area contributed by atoms with E-state index in [0.717, 1.165) is 27.8 Å². The molecule has 0 spiro atoms. The highest BCUT2D eigenvalue weighted by atomic mass is 16.4. The Balaban J connectivity index is 1.80. The van der Waals surface area contributed by atoms with E-state index in [1.807, 2.05) is 48.6 Å². The first-order chi connectivity index (χ1) is 12.0. The molecule has 5 nitrogen and oxygen atoms in total. The van der Waals surface area contributed by atoms with Crippen molar-refractivity contribution in [1.29, 1.82) is 0 Å². The zero-order valence-electron chi connectivity index (χ0n) is 13.6. The summed E-state index contributed by atoms with van der Waals surface area (Å²) in [5.74, 6) is -1.05. The van der Waals surface area contributed by atoms with Crippen LogP contribution in [-0.4, -0.2) is 22.0 Å². The average Bonchev–Trinajstić information content (AvgIpc) is 2.60. The maximum atomic E-state index is 11.0. The topological polar surface area (TPSA) is 79.3 Å². The van der Waals surface area contributed by atoms with Crippen LogP contribution < -0.4 is 5.32 Å². The third-order valence-electron chi connectivity index (χ3n) is 3.64. The minimum absolute atomic E-state index is 0.102. The first-order valence-corrected chi connectivity index (χ1v) is 7.71. The predicted octanol–water partition coefficient (Wildman–Crippen LogP) is 4.06. The van der Waals surface area contributed by atoms with Crippen LogP contribution in [-0.2, 0) is 4.79 Å². The predicted molar refractivity (Wildman–Crippen MR) is 98.4 cm³/mol. The summed E-state index contributed by atoms with van der Waals surface area (Å²) in [5, 5.41) is 12.5. The summed E-state index contributed by atoms with van der Waals surface area (Å²) in [6, 6.07) is 16.0. The van der Waals surface area contributed by atoms with Gasteiger partial charge in [0, 0.05) is 18.0 Å². The van der Waals surface area contributed by atoms with Crippen LogP contribution in [0.25, 0.3) is 23.1 Å². The van der Waals surface area contributed by atoms with Crippen LogP contribution >= 0.6 is 0 Å². The Morgan fingerprint density at radius 2 is 1.76 bits per heavy atom. The number of pyridine rings is 1. The van der Waals surface area contributed by atoms with E-state index in [9.17, 15) is 9.59 Å². The van der Waals surface area contributed by atoms with Crippen molar-refractivity contribution in [3.05, 3.63) is 71.4 Å². The second-order valence-corrected chi connectivity index (χ2v) is 5.59. The van der Waals surface area contributed by atoms with Crippen molar-refractivity contribution in [3.8, 4) is 0 Å². The number of nitrogens with one attached hydrogen (secondary N) is 1. The van der Waals surface area contributed by atoms with Crippen LogP contribution in [0.4, 0.5) is 5.69 Å². The van der Waals surface area contributed by atoms with Crippen LogP contribution in [0.3, 0.4) is 0 Å². The number of carbonyl (C=O) groups is 2. The fourth-order valence-electron chi connectivity index (χ4n) is 2.43. The highest BCUT2D eigenvalue weighted by Gasteiger charge is 2.04. The lowest BCUT2D eigenvalue weighted by Gasteiger charge is -2.02. The Morgan fingerprint density at radius 1 is 1.00 bits per heavy atom. The molecule has 2 aromatic carbocycles. The Labute approximate surface area is 144 Å². The van der Waals surface area contributed by atoms with Crippen molar-refractivity contribution >= 4 is 40.6 Å². The van der Waals surface area contributed by atoms with E-state index in [2.05, 4.69) is 10.3 Å². The van der Waals surface area contributed by atoms with Crippen LogP contribution in [0.2, 0.25) is 0 Å². The summed E-state index contributed by atoms with van der Waals surface area (Å²) in [6.45, 7) is 1.47. The van der Waals surface area contributed by atoms with Crippen molar-refractivity contribution < 1.29 is 14.7 Å². The number of carboxylic acids is 1. The highest BCUT2D eigenvalue weighted by molar-refractivity contribution is 5.93. The first kappa shape index (κ1) is 16.4. The Kier molecular flexibility index (Phi) is 4.57. The second kappa shape index (κ2) is 6.97. The van der Waals surface area contributed by atoms with E-state index < -0.39 is 5.97 Å². The number of anilines is 1. The van der Waals surface area contributed by atoms with Crippen molar-refractivity contribution in [2.24, 2.45) is 0 Å². The number of aromatic nitrogens is 1. The lowest BCUT2D eigenvalue weighted by molar-refractivity contribution is -0.114. The molecule has 0 aliphatic rings. The largest absolute Gasteiger partial charge is 0.478 e. The van der Waals surface area contributed by atoms with Gasteiger partial charge < -0.3 is 10.4 Å². The molecule has 1 aromatic heterocycles. The number of rotatable bonds is 4. The van der Waals surface area contributed by atoms with Crippen molar-refractivity contribution in [2.75, 3.05) is 5.32 Å². The van der Waals surface area contributed by atoms with Crippen molar-refractivity contribution in [2.45, 2.75) is 6.92 Å². The van der Waals surface area contributed by atoms with E-state index in [0.29, 0.717) is 0 Å². The summed E-state index contributed by atoms with van der Waals surface area (Å²) in [7, 11) is 0. The molecule has 0 aliphatic heterocycles. The zero-order chi connectivity index (χ0) is 17.8. The van der Waals surface area contributed by atoms with Gasteiger partial charge in [-0.2, -0.15) is 0 Å². The molecule has 0 bridgehead atoms. The highest BCUT2D eigenvalue weighted by Crippen LogP contribution is 2.17. The first-order valence-electron chi connectivity index (χ1n) is 7.71. The van der Waals surface area contributed by atoms with Gasteiger partial charge in [-0.3, -0.25) is 4.79 Å². The van der Waals surface area contributed by atoms with Gasteiger partial charge in [0.2, 0.25) is 5.91 Å². The summed E-state index contributed by atoms with van der Waals surface area (Å²) < 4.78 is 0. The molecule has 0 saturated carbocycles. The average molecular weight is 332 g/mol. The molecule has 1 heterocycles. The Morgan fingerprint density at radius 3 is 2.44 bits per heavy atom. The van der Waals surface area contributed by atoms with E-state index in [4.69, 9.17) is 5.11 Å². The van der Waals surface area contributed by atoms with Gasteiger partial charge in [0.25, 0.3) is 0 Å². The van der Waals surface area contributed by atoms with Gasteiger partial charge in [0.15, 0.2) is 0 Å². The minimum atomic E-state index is -0.950. The molecule has 1 amide bonds. The zero-order valence-corrected chi connectivity index (χ0v) is 13.6. The number of hydrogen-bond acceptors (Lipinski definition) is 3. The monoisotopic (exact) mass is 332 g/mol. The molecular formula is C20H16N2O3. The number of aromatic carboxylic acids is 1. The summed E-state index contributed by atoms with van der Waals surface area (Å²) >= 11 is 0. The number of hydrogen-bond donors (Lipinski definition) is 2. The van der Waals surface area contributed by atoms with Crippen LogP contribution in [0, 0.1) is 0 Å². The smallest absolute Gasteiger partial charge is 0.335 e. The lowest BCUT2D eigenvalue weighted by Crippen LogP contribution is -2.05. The van der Waals surface area contributed by atoms with Crippen LogP contribution in [0.5, 0.6) is 0 Å². The molecule has 25 heavy (non-hydrogen) atoms. The molecule has 0 aliphatic carbocycles. The molecule has 2 N–H and O–H groups in total. The molecule has 0 radical (unpaired) electrons. The van der Waals surface area contributed by atoms with Gasteiger partial charge in [-0.25, -0.2) is 9.78 Å². The standard InChI is InChI=1S/C20H16N2O3/c1-13(23)21-17-7-2-14(3-8-17)4-9-18-10-5-15-12-16(20(24)25)6-11-19(15)22-18/h2-12H,1H3,(H,21,23)(H,24,25)/b9-4+. The van der Waals surface area contributed by atoms with Gasteiger partial charge in [-0.1, -0.05) is 24.3 Å². The second-order valence-electron chi connectivity index (χ2n) is 5.59. The third-order valence-corrected chi connectivity index (χ3v) is 3.64. The number of nitrogens with zero attached hydrogens (tertiary/aromatic N) is 1. The molecule has 124 valence electrons. The Bertz CT molecular complexity index is 976. The quantitative estimate of drug-likeness (QED) is 0.755. The van der Waals surface area contributed by atoms with Crippen molar-refractivity contribution in [3.63, 3.8) is 0 Å². The third kappa shape index (κ3) is 4.09. The Hall–Kier alpha value is -3.47. The van der Waals surface area contributed by atoms with Gasteiger partial charge in [0.05, 0.1) is 16.8 Å². The molecule has 0 fully saturated rings. The van der Waals surface area contributed by atoms with Crippen LogP contribution in [0.15, 0.2) is 54.6 Å². The number of benzene rings is 2. The van der Waals surface area contributed by atoms with Crippen molar-refractivity contribution in [1.82, 2.24) is 4.98 Å². The van der Waals surface area contributed by atoms with Crippen LogP contribution in [0.1, 0.15) is 28.5 Å². The number of carboxylic acid groups (broad SMARTS) is 1. The summed E-state index contributed by atoms with van der Waals surface area (Å²) in [6.07, 6.45) is 3.81. The summed E-state index contributed by atoms with van der Waals surface area (Å²) in [4.78, 5) is 26.5. The number of fused-ring (bicyclic) bond motifs is 1. The molecular weight excluding hydrogens is 316 g/mol. The number of amides is 1. The normalized spacial score (nSPS) is 10.9. The molecule has 0 saturated heterocycles. The SMILES string of the molecule is CC(=O)Nc1ccc(/C=C/c2ccc3cc(C(=O)O)ccc3n2)cc1. The minimum Gasteiger partial charge on any atom is -0.478 e. The molecule has 5 heteroatoms. The lowest BCUT2D eigenvalue weighted by atomic mass is 10.1. The van der Waals surface area contributed by atoms with Gasteiger partial charge >= 0.3 is 5.97 Å². The van der Waals surface area contributed by atoms with Gasteiger partial charge in [-0.05, 0) is 48.0 Å². The fraction of sp³-hybridized carbons (Fsp3) is 0.0500. The van der Waals surface area contributed by atoms with Gasteiger partial charge in [-0.15, -0.1) is 0 Å².